The predicted octanol–water partition coefficient (Wildman–Crippen LogP) is 4.92. The number of benzene rings is 1. The Hall–Kier alpha value is -0.890. The minimum atomic E-state index is -0.0452. The van der Waals surface area contributed by atoms with Gasteiger partial charge in [-0.2, -0.15) is 0 Å². The average molecular weight is 277 g/mol. The normalized spacial score (nSPS) is 23.0. The predicted molar refractivity (Wildman–Crippen MR) is 83.4 cm³/mol. The summed E-state index contributed by atoms with van der Waals surface area (Å²) < 4.78 is 14.5. The summed E-state index contributed by atoms with van der Waals surface area (Å²) in [6.45, 7) is 11.6. The zero-order chi connectivity index (χ0) is 14.9. The van der Waals surface area contributed by atoms with E-state index in [1.54, 1.807) is 6.07 Å². The summed E-state index contributed by atoms with van der Waals surface area (Å²) in [5.41, 5.74) is 3.26. The quantitative estimate of drug-likeness (QED) is 0.823. The third kappa shape index (κ3) is 2.90. The van der Waals surface area contributed by atoms with E-state index in [1.807, 2.05) is 13.8 Å². The van der Waals surface area contributed by atoms with Crippen molar-refractivity contribution in [1.29, 1.82) is 0 Å². The molecule has 1 aliphatic rings. The van der Waals surface area contributed by atoms with Crippen molar-refractivity contribution in [1.82, 2.24) is 5.32 Å². The molecule has 0 heterocycles. The Morgan fingerprint density at radius 2 is 2.05 bits per heavy atom. The van der Waals surface area contributed by atoms with E-state index in [9.17, 15) is 4.39 Å². The van der Waals surface area contributed by atoms with Crippen LogP contribution in [0.15, 0.2) is 12.1 Å². The van der Waals surface area contributed by atoms with E-state index in [2.05, 4.69) is 32.2 Å². The van der Waals surface area contributed by atoms with E-state index in [-0.39, 0.29) is 17.3 Å². The molecule has 0 bridgehead atoms. The highest BCUT2D eigenvalue weighted by Gasteiger charge is 2.41. The van der Waals surface area contributed by atoms with Crippen LogP contribution in [-0.2, 0) is 0 Å². The summed E-state index contributed by atoms with van der Waals surface area (Å²) >= 11 is 0. The molecule has 2 heteroatoms. The SMILES string of the molecule is CCNC(c1c(C)cc(C)cc1F)C1CCCC1(C)C. The van der Waals surface area contributed by atoms with Crippen LogP contribution in [0, 0.1) is 31.0 Å². The zero-order valence-electron chi connectivity index (χ0n) is 13.5. The third-order valence-electron chi connectivity index (χ3n) is 4.96. The highest BCUT2D eigenvalue weighted by atomic mass is 19.1. The van der Waals surface area contributed by atoms with Crippen molar-refractivity contribution >= 4 is 0 Å². The molecule has 0 saturated heterocycles. The first-order chi connectivity index (χ1) is 9.36. The maximum atomic E-state index is 14.5. The van der Waals surface area contributed by atoms with Gasteiger partial charge >= 0.3 is 0 Å². The number of hydrogen-bond donors (Lipinski definition) is 1. The van der Waals surface area contributed by atoms with Gasteiger partial charge in [0.15, 0.2) is 0 Å². The lowest BCUT2D eigenvalue weighted by atomic mass is 9.74. The monoisotopic (exact) mass is 277 g/mol. The lowest BCUT2D eigenvalue weighted by Gasteiger charge is -2.36. The Kier molecular flexibility index (Phi) is 4.53. The molecule has 0 spiro atoms. The van der Waals surface area contributed by atoms with Crippen LogP contribution in [0.1, 0.15) is 62.8 Å². The summed E-state index contributed by atoms with van der Waals surface area (Å²) in [5.74, 6) is 0.467. The van der Waals surface area contributed by atoms with Crippen LogP contribution in [0.2, 0.25) is 0 Å². The van der Waals surface area contributed by atoms with Crippen molar-refractivity contribution in [3.8, 4) is 0 Å². The molecule has 20 heavy (non-hydrogen) atoms. The average Bonchev–Trinajstić information content (AvgIpc) is 2.66. The van der Waals surface area contributed by atoms with Crippen molar-refractivity contribution in [2.75, 3.05) is 6.54 Å². The van der Waals surface area contributed by atoms with Crippen LogP contribution in [0.25, 0.3) is 0 Å². The lowest BCUT2D eigenvalue weighted by molar-refractivity contribution is 0.196. The first-order valence-corrected chi connectivity index (χ1v) is 7.87. The first-order valence-electron chi connectivity index (χ1n) is 7.87. The Balaban J connectivity index is 2.44. The number of hydrogen-bond acceptors (Lipinski definition) is 1. The Morgan fingerprint density at radius 1 is 1.35 bits per heavy atom. The lowest BCUT2D eigenvalue weighted by Crippen LogP contribution is -2.35. The molecule has 0 aliphatic heterocycles. The van der Waals surface area contributed by atoms with Crippen molar-refractivity contribution in [2.24, 2.45) is 11.3 Å². The van der Waals surface area contributed by atoms with Crippen molar-refractivity contribution < 1.29 is 4.39 Å². The van der Waals surface area contributed by atoms with Crippen molar-refractivity contribution in [2.45, 2.75) is 59.9 Å². The van der Waals surface area contributed by atoms with Gasteiger partial charge in [-0.3, -0.25) is 0 Å². The molecule has 2 rings (SSSR count). The number of halogens is 1. The van der Waals surface area contributed by atoms with Gasteiger partial charge in [0, 0.05) is 11.6 Å². The van der Waals surface area contributed by atoms with Gasteiger partial charge in [-0.15, -0.1) is 0 Å². The minimum Gasteiger partial charge on any atom is -0.310 e. The van der Waals surface area contributed by atoms with E-state index in [0.717, 1.165) is 23.2 Å². The fraction of sp³-hybridized carbons (Fsp3) is 0.667. The number of nitrogens with one attached hydrogen (secondary N) is 1. The highest BCUT2D eigenvalue weighted by Crippen LogP contribution is 2.49. The summed E-state index contributed by atoms with van der Waals surface area (Å²) in [6.07, 6.45) is 3.69. The third-order valence-corrected chi connectivity index (χ3v) is 4.96. The van der Waals surface area contributed by atoms with E-state index < -0.39 is 0 Å². The van der Waals surface area contributed by atoms with E-state index in [0.29, 0.717) is 5.92 Å². The molecule has 1 aromatic carbocycles. The van der Waals surface area contributed by atoms with Crippen LogP contribution in [0.4, 0.5) is 4.39 Å². The van der Waals surface area contributed by atoms with E-state index in [1.165, 1.54) is 19.3 Å². The van der Waals surface area contributed by atoms with Gasteiger partial charge in [-0.1, -0.05) is 33.3 Å². The Morgan fingerprint density at radius 3 is 2.55 bits per heavy atom. The van der Waals surface area contributed by atoms with Gasteiger partial charge in [0.1, 0.15) is 5.82 Å². The maximum absolute atomic E-state index is 14.5. The molecular weight excluding hydrogens is 249 g/mol. The highest BCUT2D eigenvalue weighted by molar-refractivity contribution is 5.35. The summed E-state index contributed by atoms with van der Waals surface area (Å²) in [6, 6.07) is 3.91. The Bertz CT molecular complexity index is 455. The molecule has 0 radical (unpaired) electrons. The Labute approximate surface area is 123 Å². The molecule has 1 N–H and O–H groups in total. The van der Waals surface area contributed by atoms with Crippen LogP contribution in [0.5, 0.6) is 0 Å². The molecule has 0 amide bonds. The topological polar surface area (TPSA) is 12.0 Å². The van der Waals surface area contributed by atoms with Gasteiger partial charge in [0.05, 0.1) is 0 Å². The molecule has 2 atom stereocenters. The maximum Gasteiger partial charge on any atom is 0.128 e. The summed E-state index contributed by atoms with van der Waals surface area (Å²) in [5, 5.41) is 3.56. The van der Waals surface area contributed by atoms with E-state index >= 15 is 0 Å². The fourth-order valence-corrected chi connectivity index (χ4v) is 3.96. The van der Waals surface area contributed by atoms with Gasteiger partial charge in [-0.05, 0) is 61.8 Å². The van der Waals surface area contributed by atoms with Gasteiger partial charge in [0.25, 0.3) is 0 Å². The van der Waals surface area contributed by atoms with Crippen molar-refractivity contribution in [3.63, 3.8) is 0 Å². The smallest absolute Gasteiger partial charge is 0.128 e. The standard InChI is InChI=1S/C18H28FN/c1-6-20-17(14-8-7-9-18(14,4)5)16-13(3)10-12(2)11-15(16)19/h10-11,14,17,20H,6-9H2,1-5H3. The fourth-order valence-electron chi connectivity index (χ4n) is 3.96. The first kappa shape index (κ1) is 15.5. The second-order valence-electron chi connectivity index (χ2n) is 7.00. The summed E-state index contributed by atoms with van der Waals surface area (Å²) in [4.78, 5) is 0. The van der Waals surface area contributed by atoms with E-state index in [4.69, 9.17) is 0 Å². The van der Waals surface area contributed by atoms with Gasteiger partial charge in [0.2, 0.25) is 0 Å². The van der Waals surface area contributed by atoms with Crippen LogP contribution >= 0.6 is 0 Å². The van der Waals surface area contributed by atoms with Crippen LogP contribution in [0.3, 0.4) is 0 Å². The number of aryl methyl sites for hydroxylation is 2. The molecule has 1 saturated carbocycles. The molecule has 112 valence electrons. The van der Waals surface area contributed by atoms with Gasteiger partial charge in [-0.25, -0.2) is 4.39 Å². The zero-order valence-corrected chi connectivity index (χ0v) is 13.5. The second kappa shape index (κ2) is 5.85. The molecule has 1 nitrogen and oxygen atoms in total. The van der Waals surface area contributed by atoms with Crippen LogP contribution in [-0.4, -0.2) is 6.54 Å². The molecule has 1 aliphatic carbocycles. The molecule has 2 unspecified atom stereocenters. The van der Waals surface area contributed by atoms with Crippen molar-refractivity contribution in [3.05, 3.63) is 34.6 Å². The number of rotatable bonds is 4. The second-order valence-corrected chi connectivity index (χ2v) is 7.00. The molecule has 1 fully saturated rings. The minimum absolute atomic E-state index is 0.0452. The largest absolute Gasteiger partial charge is 0.310 e. The van der Waals surface area contributed by atoms with Gasteiger partial charge < -0.3 is 5.32 Å². The summed E-state index contributed by atoms with van der Waals surface area (Å²) in [7, 11) is 0. The molecular formula is C18H28FN. The molecule has 1 aromatic rings. The van der Waals surface area contributed by atoms with Crippen LogP contribution < -0.4 is 5.32 Å². The molecule has 0 aromatic heterocycles.